The molecule has 0 aromatic carbocycles. The summed E-state index contributed by atoms with van der Waals surface area (Å²) in [6.07, 6.45) is 0.942. The average Bonchev–Trinajstić information content (AvgIpc) is 2.14. The zero-order valence-electron chi connectivity index (χ0n) is 10.4. The second kappa shape index (κ2) is 4.99. The lowest BCUT2D eigenvalue weighted by Gasteiger charge is -2.18. The van der Waals surface area contributed by atoms with Crippen LogP contribution in [0.2, 0.25) is 0 Å². The highest BCUT2D eigenvalue weighted by Gasteiger charge is 2.12. The predicted molar refractivity (Wildman–Crippen MR) is 67.9 cm³/mol. The van der Waals surface area contributed by atoms with Gasteiger partial charge in [-0.15, -0.1) is 0 Å². The minimum atomic E-state index is -0.479. The summed E-state index contributed by atoms with van der Waals surface area (Å²) in [6.45, 7) is 7.09. The fourth-order valence-electron chi connectivity index (χ4n) is 1.30. The number of nitrogens with one attached hydrogen (secondary N) is 1. The lowest BCUT2D eigenvalue weighted by molar-refractivity contribution is -0.384. The van der Waals surface area contributed by atoms with E-state index in [1.54, 1.807) is 0 Å². The summed E-state index contributed by atoms with van der Waals surface area (Å²) < 4.78 is 0. The lowest BCUT2D eigenvalue weighted by Crippen LogP contribution is -2.13. The number of hydrogen-bond acceptors (Lipinski definition) is 5. The number of nitrogens with two attached hydrogens (primary N) is 1. The molecule has 0 unspecified atom stereocenters. The highest BCUT2D eigenvalue weighted by molar-refractivity contribution is 5.52. The van der Waals surface area contributed by atoms with Gasteiger partial charge in [0.15, 0.2) is 0 Å². The SMILES string of the molecule is CC(C)(C)CCNc1cc([N+](=O)[O-])cc(N)n1. The maximum atomic E-state index is 10.6. The van der Waals surface area contributed by atoms with Crippen LogP contribution in [0.4, 0.5) is 17.3 Å². The number of anilines is 2. The molecule has 1 heterocycles. The standard InChI is InChI=1S/C11H18N4O2/c1-11(2,3)4-5-13-10-7-8(15(16)17)6-9(12)14-10/h6-7H,4-5H2,1-3H3,(H3,12,13,14). The van der Waals surface area contributed by atoms with Gasteiger partial charge in [-0.3, -0.25) is 10.1 Å². The molecule has 0 aliphatic rings. The molecule has 0 saturated carbocycles. The zero-order valence-corrected chi connectivity index (χ0v) is 10.4. The van der Waals surface area contributed by atoms with Crippen LogP contribution in [0.3, 0.4) is 0 Å². The van der Waals surface area contributed by atoms with Gasteiger partial charge in [-0.25, -0.2) is 4.98 Å². The number of nitrogens with zero attached hydrogens (tertiary/aromatic N) is 2. The fourth-order valence-corrected chi connectivity index (χ4v) is 1.30. The number of rotatable bonds is 4. The molecule has 6 heteroatoms. The molecule has 3 N–H and O–H groups in total. The van der Waals surface area contributed by atoms with E-state index < -0.39 is 4.92 Å². The van der Waals surface area contributed by atoms with Gasteiger partial charge < -0.3 is 11.1 Å². The highest BCUT2D eigenvalue weighted by atomic mass is 16.6. The number of hydrogen-bond donors (Lipinski definition) is 2. The van der Waals surface area contributed by atoms with Crippen LogP contribution >= 0.6 is 0 Å². The predicted octanol–water partition coefficient (Wildman–Crippen LogP) is 2.42. The maximum absolute atomic E-state index is 10.6. The van der Waals surface area contributed by atoms with Crippen molar-refractivity contribution in [3.8, 4) is 0 Å². The molecule has 17 heavy (non-hydrogen) atoms. The van der Waals surface area contributed by atoms with Crippen LogP contribution in [0.5, 0.6) is 0 Å². The van der Waals surface area contributed by atoms with Crippen LogP contribution in [0.15, 0.2) is 12.1 Å². The molecule has 0 spiro atoms. The second-order valence-corrected chi connectivity index (χ2v) is 5.13. The van der Waals surface area contributed by atoms with Crippen molar-refractivity contribution in [1.29, 1.82) is 0 Å². The van der Waals surface area contributed by atoms with E-state index in [-0.39, 0.29) is 16.9 Å². The summed E-state index contributed by atoms with van der Waals surface area (Å²) in [4.78, 5) is 14.2. The number of aromatic nitrogens is 1. The molecule has 0 fully saturated rings. The van der Waals surface area contributed by atoms with E-state index in [2.05, 4.69) is 31.1 Å². The number of pyridine rings is 1. The summed E-state index contributed by atoms with van der Waals surface area (Å²) in [6, 6.07) is 2.63. The first-order valence-corrected chi connectivity index (χ1v) is 5.44. The second-order valence-electron chi connectivity index (χ2n) is 5.13. The van der Waals surface area contributed by atoms with Gasteiger partial charge in [0.1, 0.15) is 11.6 Å². The summed E-state index contributed by atoms with van der Waals surface area (Å²) in [5.74, 6) is 0.596. The third-order valence-electron chi connectivity index (χ3n) is 2.22. The topological polar surface area (TPSA) is 94.1 Å². The van der Waals surface area contributed by atoms with Gasteiger partial charge in [-0.2, -0.15) is 0 Å². The van der Waals surface area contributed by atoms with Crippen molar-refractivity contribution in [2.75, 3.05) is 17.6 Å². The Hall–Kier alpha value is -1.85. The molecular weight excluding hydrogens is 220 g/mol. The smallest absolute Gasteiger partial charge is 0.276 e. The Morgan fingerprint density at radius 3 is 2.65 bits per heavy atom. The molecule has 1 aromatic heterocycles. The first-order chi connectivity index (χ1) is 7.78. The van der Waals surface area contributed by atoms with E-state index >= 15 is 0 Å². The minimum absolute atomic E-state index is 0.0456. The number of nitro groups is 1. The highest BCUT2D eigenvalue weighted by Crippen LogP contribution is 2.21. The maximum Gasteiger partial charge on any atom is 0.276 e. The molecule has 0 aliphatic carbocycles. The molecule has 6 nitrogen and oxygen atoms in total. The van der Waals surface area contributed by atoms with Gasteiger partial charge in [-0.1, -0.05) is 20.8 Å². The molecule has 0 amide bonds. The molecule has 94 valence electrons. The molecule has 1 aromatic rings. The number of nitrogen functional groups attached to an aromatic ring is 1. The Bertz CT molecular complexity index is 412. The Labute approximate surface area is 100 Å². The third kappa shape index (κ3) is 4.67. The minimum Gasteiger partial charge on any atom is -0.383 e. The summed E-state index contributed by atoms with van der Waals surface area (Å²) in [5.41, 5.74) is 5.66. The third-order valence-corrected chi connectivity index (χ3v) is 2.22. The van der Waals surface area contributed by atoms with E-state index in [0.29, 0.717) is 12.4 Å². The quantitative estimate of drug-likeness (QED) is 0.620. The van der Waals surface area contributed by atoms with E-state index in [1.807, 2.05) is 0 Å². The van der Waals surface area contributed by atoms with Crippen LogP contribution < -0.4 is 11.1 Å². The van der Waals surface area contributed by atoms with Crippen LogP contribution in [0.25, 0.3) is 0 Å². The van der Waals surface area contributed by atoms with Crippen LogP contribution in [0.1, 0.15) is 27.2 Å². The fraction of sp³-hybridized carbons (Fsp3) is 0.545. The van der Waals surface area contributed by atoms with Crippen LogP contribution in [-0.4, -0.2) is 16.5 Å². The van der Waals surface area contributed by atoms with Crippen molar-refractivity contribution in [1.82, 2.24) is 4.98 Å². The molecule has 0 bridgehead atoms. The van der Waals surface area contributed by atoms with E-state index in [4.69, 9.17) is 5.73 Å². The lowest BCUT2D eigenvalue weighted by atomic mass is 9.92. The monoisotopic (exact) mass is 238 g/mol. The summed E-state index contributed by atoms with van der Waals surface area (Å²) >= 11 is 0. The first kappa shape index (κ1) is 13.2. The molecule has 0 radical (unpaired) electrons. The van der Waals surface area contributed by atoms with Gasteiger partial charge in [-0.05, 0) is 11.8 Å². The van der Waals surface area contributed by atoms with E-state index in [0.717, 1.165) is 6.42 Å². The van der Waals surface area contributed by atoms with Crippen molar-refractivity contribution in [3.05, 3.63) is 22.2 Å². The summed E-state index contributed by atoms with van der Waals surface area (Å²) in [7, 11) is 0. The van der Waals surface area contributed by atoms with Gasteiger partial charge in [0.25, 0.3) is 5.69 Å². The largest absolute Gasteiger partial charge is 0.383 e. The molecule has 1 rings (SSSR count). The van der Waals surface area contributed by atoms with Crippen molar-refractivity contribution < 1.29 is 4.92 Å². The molecular formula is C11H18N4O2. The molecule has 0 atom stereocenters. The van der Waals surface area contributed by atoms with Gasteiger partial charge in [0, 0.05) is 6.54 Å². The summed E-state index contributed by atoms with van der Waals surface area (Å²) in [5, 5.41) is 13.7. The van der Waals surface area contributed by atoms with Gasteiger partial charge >= 0.3 is 0 Å². The molecule has 0 aliphatic heterocycles. The Morgan fingerprint density at radius 2 is 2.12 bits per heavy atom. The van der Waals surface area contributed by atoms with Crippen LogP contribution in [-0.2, 0) is 0 Å². The van der Waals surface area contributed by atoms with Crippen molar-refractivity contribution in [2.24, 2.45) is 5.41 Å². The van der Waals surface area contributed by atoms with E-state index in [9.17, 15) is 10.1 Å². The zero-order chi connectivity index (χ0) is 13.1. The van der Waals surface area contributed by atoms with Crippen molar-refractivity contribution >= 4 is 17.3 Å². The normalized spacial score (nSPS) is 11.2. The van der Waals surface area contributed by atoms with Crippen molar-refractivity contribution in [2.45, 2.75) is 27.2 Å². The average molecular weight is 238 g/mol. The Balaban J connectivity index is 2.68. The Morgan fingerprint density at radius 1 is 1.47 bits per heavy atom. The van der Waals surface area contributed by atoms with Crippen molar-refractivity contribution in [3.63, 3.8) is 0 Å². The Kier molecular flexibility index (Phi) is 3.88. The first-order valence-electron chi connectivity index (χ1n) is 5.44. The van der Waals surface area contributed by atoms with Gasteiger partial charge in [0.2, 0.25) is 0 Å². The van der Waals surface area contributed by atoms with Gasteiger partial charge in [0.05, 0.1) is 17.1 Å². The van der Waals surface area contributed by atoms with Crippen LogP contribution in [0, 0.1) is 15.5 Å². The molecule has 0 saturated heterocycles. The van der Waals surface area contributed by atoms with E-state index in [1.165, 1.54) is 12.1 Å².